The van der Waals surface area contributed by atoms with E-state index in [-0.39, 0.29) is 6.79 Å². The predicted molar refractivity (Wildman–Crippen MR) is 73.6 cm³/mol. The zero-order chi connectivity index (χ0) is 13.6. The van der Waals surface area contributed by atoms with Crippen LogP contribution >= 0.6 is 11.6 Å². The number of aryl methyl sites for hydroxylation is 1. The highest BCUT2D eigenvalue weighted by Crippen LogP contribution is 2.45. The minimum atomic E-state index is 0.229. The quantitative estimate of drug-likeness (QED) is 0.918. The van der Waals surface area contributed by atoms with Gasteiger partial charge in [0, 0.05) is 30.3 Å². The number of ether oxygens (including phenoxy) is 2. The Balaban J connectivity index is 2.25. The summed E-state index contributed by atoms with van der Waals surface area (Å²) in [5.41, 5.74) is 8.44. The molecule has 5 nitrogen and oxygen atoms in total. The van der Waals surface area contributed by atoms with Crippen LogP contribution in [0.3, 0.4) is 0 Å². The number of nitrogens with two attached hydrogens (primary N) is 1. The fourth-order valence-corrected chi connectivity index (χ4v) is 2.60. The van der Waals surface area contributed by atoms with Gasteiger partial charge in [-0.05, 0) is 6.42 Å². The third kappa shape index (κ3) is 1.81. The molecule has 0 saturated heterocycles. The van der Waals surface area contributed by atoms with Crippen LogP contribution in [0.15, 0.2) is 12.1 Å². The van der Waals surface area contributed by atoms with E-state index < -0.39 is 0 Å². The largest absolute Gasteiger partial charge is 0.454 e. The number of benzene rings is 1. The van der Waals surface area contributed by atoms with Crippen molar-refractivity contribution in [2.24, 2.45) is 7.05 Å². The molecular weight excluding hydrogens is 266 g/mol. The first-order valence-electron chi connectivity index (χ1n) is 6.02. The van der Waals surface area contributed by atoms with Crippen molar-refractivity contribution in [2.75, 3.05) is 12.5 Å². The Morgan fingerprint density at radius 2 is 2.21 bits per heavy atom. The molecule has 3 rings (SSSR count). The standard InChI is InChI=1S/C13H14ClN3O2/c1-3-7-12(9-5-11(15)17(2)16-9)8(14)4-10-13(7)19-6-18-10/h4-5H,3,6,15H2,1-2H3. The summed E-state index contributed by atoms with van der Waals surface area (Å²) in [5, 5.41) is 4.98. The topological polar surface area (TPSA) is 62.3 Å². The average molecular weight is 280 g/mol. The molecule has 2 N–H and O–H groups in total. The smallest absolute Gasteiger partial charge is 0.231 e. The van der Waals surface area contributed by atoms with Crippen molar-refractivity contribution in [3.05, 3.63) is 22.7 Å². The van der Waals surface area contributed by atoms with Crippen LogP contribution in [0.2, 0.25) is 5.02 Å². The molecule has 19 heavy (non-hydrogen) atoms. The van der Waals surface area contributed by atoms with Crippen LogP contribution in [0, 0.1) is 0 Å². The number of anilines is 1. The molecule has 2 aromatic rings. The van der Waals surface area contributed by atoms with E-state index in [2.05, 4.69) is 5.10 Å². The van der Waals surface area contributed by atoms with E-state index in [4.69, 9.17) is 26.8 Å². The molecular formula is C13H14ClN3O2. The lowest BCUT2D eigenvalue weighted by Gasteiger charge is -2.11. The van der Waals surface area contributed by atoms with Gasteiger partial charge in [-0.15, -0.1) is 0 Å². The van der Waals surface area contributed by atoms with Crippen LogP contribution in [0.1, 0.15) is 12.5 Å². The monoisotopic (exact) mass is 279 g/mol. The molecule has 0 atom stereocenters. The highest BCUT2D eigenvalue weighted by Gasteiger charge is 2.24. The molecule has 0 bridgehead atoms. The van der Waals surface area contributed by atoms with Crippen LogP contribution in [0.5, 0.6) is 11.5 Å². The molecule has 1 aromatic heterocycles. The van der Waals surface area contributed by atoms with Gasteiger partial charge in [0.25, 0.3) is 0 Å². The number of nitrogens with zero attached hydrogens (tertiary/aromatic N) is 2. The summed E-state index contributed by atoms with van der Waals surface area (Å²) >= 11 is 6.36. The van der Waals surface area contributed by atoms with Crippen molar-refractivity contribution in [1.29, 1.82) is 0 Å². The third-order valence-electron chi connectivity index (χ3n) is 3.24. The molecule has 1 aliphatic heterocycles. The number of halogens is 1. The second-order valence-corrected chi connectivity index (χ2v) is 4.78. The number of nitrogen functional groups attached to an aromatic ring is 1. The van der Waals surface area contributed by atoms with Gasteiger partial charge in [-0.1, -0.05) is 18.5 Å². The van der Waals surface area contributed by atoms with E-state index in [1.807, 2.05) is 13.0 Å². The Morgan fingerprint density at radius 1 is 1.42 bits per heavy atom. The molecule has 2 heterocycles. The van der Waals surface area contributed by atoms with Gasteiger partial charge < -0.3 is 15.2 Å². The minimum absolute atomic E-state index is 0.229. The van der Waals surface area contributed by atoms with Crippen molar-refractivity contribution in [3.63, 3.8) is 0 Å². The van der Waals surface area contributed by atoms with Gasteiger partial charge in [0.1, 0.15) is 5.82 Å². The van der Waals surface area contributed by atoms with Crippen LogP contribution in [0.4, 0.5) is 5.82 Å². The first-order valence-corrected chi connectivity index (χ1v) is 6.40. The number of fused-ring (bicyclic) bond motifs is 1. The van der Waals surface area contributed by atoms with Crippen LogP contribution < -0.4 is 15.2 Å². The van der Waals surface area contributed by atoms with E-state index in [9.17, 15) is 0 Å². The Hall–Kier alpha value is -1.88. The van der Waals surface area contributed by atoms with Crippen molar-refractivity contribution < 1.29 is 9.47 Å². The molecule has 0 amide bonds. The number of hydrogen-bond acceptors (Lipinski definition) is 4. The summed E-state index contributed by atoms with van der Waals surface area (Å²) in [5.74, 6) is 2.03. The SMILES string of the molecule is CCc1c2c(cc(Cl)c1-c1cc(N)n(C)n1)OCO2. The van der Waals surface area contributed by atoms with Gasteiger partial charge >= 0.3 is 0 Å². The van der Waals surface area contributed by atoms with E-state index in [1.54, 1.807) is 17.8 Å². The van der Waals surface area contributed by atoms with Crippen molar-refractivity contribution in [2.45, 2.75) is 13.3 Å². The van der Waals surface area contributed by atoms with Gasteiger partial charge in [-0.25, -0.2) is 0 Å². The molecule has 0 radical (unpaired) electrons. The van der Waals surface area contributed by atoms with Crippen molar-refractivity contribution in [3.8, 4) is 22.8 Å². The van der Waals surface area contributed by atoms with Gasteiger partial charge in [-0.3, -0.25) is 4.68 Å². The van der Waals surface area contributed by atoms with Gasteiger partial charge in [0.2, 0.25) is 6.79 Å². The average Bonchev–Trinajstić information content (AvgIpc) is 2.95. The lowest BCUT2D eigenvalue weighted by Crippen LogP contribution is -1.97. The number of hydrogen-bond donors (Lipinski definition) is 1. The first kappa shape index (κ1) is 12.2. The zero-order valence-corrected chi connectivity index (χ0v) is 11.5. The summed E-state index contributed by atoms with van der Waals surface area (Å²) in [6.07, 6.45) is 0.776. The Morgan fingerprint density at radius 3 is 2.84 bits per heavy atom. The molecule has 0 fully saturated rings. The van der Waals surface area contributed by atoms with Crippen LogP contribution in [-0.2, 0) is 13.5 Å². The van der Waals surface area contributed by atoms with E-state index in [0.717, 1.165) is 29.0 Å². The summed E-state index contributed by atoms with van der Waals surface area (Å²) in [6.45, 7) is 2.27. The van der Waals surface area contributed by atoms with Crippen LogP contribution in [0.25, 0.3) is 11.3 Å². The minimum Gasteiger partial charge on any atom is -0.454 e. The highest BCUT2D eigenvalue weighted by molar-refractivity contribution is 6.33. The van der Waals surface area contributed by atoms with E-state index in [1.165, 1.54) is 0 Å². The molecule has 0 aliphatic carbocycles. The Kier molecular flexibility index (Phi) is 2.78. The molecule has 0 spiro atoms. The number of aromatic nitrogens is 2. The normalized spacial score (nSPS) is 13.0. The lowest BCUT2D eigenvalue weighted by molar-refractivity contribution is 0.173. The summed E-state index contributed by atoms with van der Waals surface area (Å²) in [7, 11) is 1.80. The maximum atomic E-state index is 6.36. The lowest BCUT2D eigenvalue weighted by atomic mass is 10.0. The van der Waals surface area contributed by atoms with Gasteiger partial charge in [-0.2, -0.15) is 5.10 Å². The summed E-state index contributed by atoms with van der Waals surface area (Å²) < 4.78 is 12.5. The predicted octanol–water partition coefficient (Wildman–Crippen LogP) is 2.61. The molecule has 1 aliphatic rings. The fourth-order valence-electron chi connectivity index (χ4n) is 2.29. The summed E-state index contributed by atoms with van der Waals surface area (Å²) in [4.78, 5) is 0. The Bertz CT molecular complexity index is 632. The molecule has 1 aromatic carbocycles. The molecule has 6 heteroatoms. The maximum Gasteiger partial charge on any atom is 0.231 e. The number of rotatable bonds is 2. The van der Waals surface area contributed by atoms with E-state index >= 15 is 0 Å². The molecule has 100 valence electrons. The van der Waals surface area contributed by atoms with E-state index in [0.29, 0.717) is 16.6 Å². The molecule has 0 unspecified atom stereocenters. The zero-order valence-electron chi connectivity index (χ0n) is 10.7. The second kappa shape index (κ2) is 4.35. The van der Waals surface area contributed by atoms with Crippen LogP contribution in [-0.4, -0.2) is 16.6 Å². The summed E-state index contributed by atoms with van der Waals surface area (Å²) in [6, 6.07) is 3.58. The Labute approximate surface area is 115 Å². The molecule has 0 saturated carbocycles. The highest BCUT2D eigenvalue weighted by atomic mass is 35.5. The third-order valence-corrected chi connectivity index (χ3v) is 3.54. The maximum absolute atomic E-state index is 6.36. The fraction of sp³-hybridized carbons (Fsp3) is 0.308. The van der Waals surface area contributed by atoms with Crippen molar-refractivity contribution in [1.82, 2.24) is 9.78 Å². The first-order chi connectivity index (χ1) is 9.11. The van der Waals surface area contributed by atoms with Crippen molar-refractivity contribution >= 4 is 17.4 Å². The van der Waals surface area contributed by atoms with Gasteiger partial charge in [0.15, 0.2) is 11.5 Å². The second-order valence-electron chi connectivity index (χ2n) is 4.38. The van der Waals surface area contributed by atoms with Gasteiger partial charge in [0.05, 0.1) is 10.7 Å².